The summed E-state index contributed by atoms with van der Waals surface area (Å²) < 4.78 is 5.38. The number of carbonyl (C=O) groups excluding carboxylic acids is 1. The van der Waals surface area contributed by atoms with E-state index in [2.05, 4.69) is 20.8 Å². The number of halogens is 1. The highest BCUT2D eigenvalue weighted by Crippen LogP contribution is 2.23. The summed E-state index contributed by atoms with van der Waals surface area (Å²) in [5.74, 6) is 0.942. The zero-order valence-electron chi connectivity index (χ0n) is 15.0. The van der Waals surface area contributed by atoms with E-state index >= 15 is 0 Å². The fourth-order valence-corrected chi connectivity index (χ4v) is 2.56. The molecule has 138 valence electrons. The zero-order chi connectivity index (χ0) is 19.2. The maximum Gasteiger partial charge on any atom is 0.276 e. The van der Waals surface area contributed by atoms with Gasteiger partial charge in [-0.2, -0.15) is 0 Å². The van der Waals surface area contributed by atoms with Crippen molar-refractivity contribution < 1.29 is 9.53 Å². The number of hydrogen-bond donors (Lipinski definition) is 2. The van der Waals surface area contributed by atoms with E-state index in [0.29, 0.717) is 23.1 Å². The SMILES string of the molecule is CCOc1ccc(NC(=O)c2ccc(Nc3cc(Cl)ccc3C)nn2)cc1. The Bertz CT molecular complexity index is 928. The van der Waals surface area contributed by atoms with Gasteiger partial charge in [0.05, 0.1) is 6.61 Å². The Hall–Kier alpha value is -3.12. The van der Waals surface area contributed by atoms with E-state index in [1.54, 1.807) is 36.4 Å². The van der Waals surface area contributed by atoms with Crippen molar-refractivity contribution in [3.8, 4) is 5.75 Å². The number of nitrogens with one attached hydrogen (secondary N) is 2. The van der Waals surface area contributed by atoms with Crippen LogP contribution in [0.1, 0.15) is 23.0 Å². The Labute approximate surface area is 162 Å². The van der Waals surface area contributed by atoms with Crippen LogP contribution in [0, 0.1) is 6.92 Å². The van der Waals surface area contributed by atoms with E-state index in [4.69, 9.17) is 16.3 Å². The third-order valence-electron chi connectivity index (χ3n) is 3.78. The fraction of sp³-hybridized carbons (Fsp3) is 0.150. The molecule has 1 aromatic heterocycles. The zero-order valence-corrected chi connectivity index (χ0v) is 15.7. The van der Waals surface area contributed by atoms with Crippen molar-refractivity contribution in [1.82, 2.24) is 10.2 Å². The van der Waals surface area contributed by atoms with Gasteiger partial charge in [-0.3, -0.25) is 4.79 Å². The van der Waals surface area contributed by atoms with Crippen LogP contribution in [0.2, 0.25) is 5.02 Å². The molecule has 0 aliphatic carbocycles. The van der Waals surface area contributed by atoms with E-state index in [1.807, 2.05) is 32.0 Å². The summed E-state index contributed by atoms with van der Waals surface area (Å²) in [6, 6.07) is 16.0. The molecule has 0 fully saturated rings. The van der Waals surface area contributed by atoms with Gasteiger partial charge in [0.1, 0.15) is 5.75 Å². The largest absolute Gasteiger partial charge is 0.494 e. The minimum atomic E-state index is -0.336. The predicted octanol–water partition coefficient (Wildman–Crippen LogP) is 4.83. The molecule has 1 amide bonds. The Morgan fingerprint density at radius 3 is 2.52 bits per heavy atom. The molecule has 0 radical (unpaired) electrons. The van der Waals surface area contributed by atoms with Crippen molar-refractivity contribution in [2.45, 2.75) is 13.8 Å². The van der Waals surface area contributed by atoms with Crippen molar-refractivity contribution in [3.63, 3.8) is 0 Å². The highest BCUT2D eigenvalue weighted by Gasteiger charge is 2.09. The van der Waals surface area contributed by atoms with Crippen molar-refractivity contribution in [2.75, 3.05) is 17.2 Å². The number of anilines is 3. The van der Waals surface area contributed by atoms with Crippen molar-refractivity contribution in [2.24, 2.45) is 0 Å². The molecule has 6 nitrogen and oxygen atoms in total. The van der Waals surface area contributed by atoms with E-state index in [-0.39, 0.29) is 11.6 Å². The summed E-state index contributed by atoms with van der Waals surface area (Å²) >= 11 is 6.02. The molecule has 0 saturated heterocycles. The minimum Gasteiger partial charge on any atom is -0.494 e. The van der Waals surface area contributed by atoms with Crippen LogP contribution in [0.25, 0.3) is 0 Å². The number of aromatic nitrogens is 2. The molecule has 0 bridgehead atoms. The normalized spacial score (nSPS) is 10.3. The van der Waals surface area contributed by atoms with Crippen LogP contribution >= 0.6 is 11.6 Å². The third-order valence-corrected chi connectivity index (χ3v) is 4.02. The average molecular weight is 383 g/mol. The Balaban J connectivity index is 1.65. The first-order chi connectivity index (χ1) is 13.0. The quantitative estimate of drug-likeness (QED) is 0.638. The molecule has 1 heterocycles. The maximum absolute atomic E-state index is 12.3. The molecule has 0 saturated carbocycles. The Kier molecular flexibility index (Phi) is 5.88. The lowest BCUT2D eigenvalue weighted by Gasteiger charge is -2.09. The van der Waals surface area contributed by atoms with E-state index in [1.165, 1.54) is 0 Å². The first kappa shape index (κ1) is 18.7. The first-order valence-electron chi connectivity index (χ1n) is 8.46. The van der Waals surface area contributed by atoms with Gasteiger partial charge >= 0.3 is 0 Å². The molecule has 0 aliphatic heterocycles. The van der Waals surface area contributed by atoms with Crippen LogP contribution in [-0.4, -0.2) is 22.7 Å². The number of aryl methyl sites for hydroxylation is 1. The van der Waals surface area contributed by atoms with Crippen molar-refractivity contribution >= 4 is 34.7 Å². The van der Waals surface area contributed by atoms with Gasteiger partial charge in [-0.1, -0.05) is 17.7 Å². The van der Waals surface area contributed by atoms with Crippen molar-refractivity contribution in [1.29, 1.82) is 0 Å². The third kappa shape index (κ3) is 4.95. The fourth-order valence-electron chi connectivity index (χ4n) is 2.38. The molecule has 2 aromatic carbocycles. The average Bonchev–Trinajstić information content (AvgIpc) is 2.67. The second-order valence-electron chi connectivity index (χ2n) is 5.80. The molecular weight excluding hydrogens is 364 g/mol. The number of hydrogen-bond acceptors (Lipinski definition) is 5. The van der Waals surface area contributed by atoms with Gasteiger partial charge in [0.15, 0.2) is 11.5 Å². The number of benzene rings is 2. The highest BCUT2D eigenvalue weighted by atomic mass is 35.5. The van der Waals surface area contributed by atoms with Crippen LogP contribution in [0.15, 0.2) is 54.6 Å². The molecule has 3 rings (SSSR count). The van der Waals surface area contributed by atoms with Crippen LogP contribution in [-0.2, 0) is 0 Å². The number of ether oxygens (including phenoxy) is 1. The van der Waals surface area contributed by atoms with Gasteiger partial charge < -0.3 is 15.4 Å². The molecular formula is C20H19ClN4O2. The Morgan fingerprint density at radius 1 is 1.07 bits per heavy atom. The maximum atomic E-state index is 12.3. The summed E-state index contributed by atoms with van der Waals surface area (Å²) in [6.45, 7) is 4.47. The van der Waals surface area contributed by atoms with Gasteiger partial charge in [-0.05, 0) is 67.9 Å². The molecule has 0 aliphatic rings. The second kappa shape index (κ2) is 8.51. The summed E-state index contributed by atoms with van der Waals surface area (Å²) in [5.41, 5.74) is 2.74. The van der Waals surface area contributed by atoms with Crippen LogP contribution in [0.4, 0.5) is 17.2 Å². The molecule has 3 aromatic rings. The standard InChI is InChI=1S/C20H19ClN4O2/c1-3-27-16-8-6-15(7-9-16)22-20(26)17-10-11-19(25-24-17)23-18-12-14(21)5-4-13(18)2/h4-12H,3H2,1-2H3,(H,22,26)(H,23,25). The van der Waals surface area contributed by atoms with E-state index < -0.39 is 0 Å². The summed E-state index contributed by atoms with van der Waals surface area (Å²) in [6.07, 6.45) is 0. The van der Waals surface area contributed by atoms with Crippen LogP contribution in [0.3, 0.4) is 0 Å². The molecule has 7 heteroatoms. The predicted molar refractivity (Wildman–Crippen MR) is 107 cm³/mol. The van der Waals surface area contributed by atoms with E-state index in [0.717, 1.165) is 17.0 Å². The number of carbonyl (C=O) groups is 1. The monoisotopic (exact) mass is 382 g/mol. The Morgan fingerprint density at radius 2 is 1.85 bits per heavy atom. The van der Waals surface area contributed by atoms with Gasteiger partial charge in [-0.25, -0.2) is 0 Å². The number of rotatable bonds is 6. The number of nitrogens with zero attached hydrogens (tertiary/aromatic N) is 2. The van der Waals surface area contributed by atoms with Gasteiger partial charge in [0.25, 0.3) is 5.91 Å². The summed E-state index contributed by atoms with van der Waals surface area (Å²) in [4.78, 5) is 12.3. The summed E-state index contributed by atoms with van der Waals surface area (Å²) in [5, 5.41) is 14.6. The minimum absolute atomic E-state index is 0.220. The lowest BCUT2D eigenvalue weighted by Crippen LogP contribution is -2.14. The van der Waals surface area contributed by atoms with E-state index in [9.17, 15) is 4.79 Å². The van der Waals surface area contributed by atoms with Gasteiger partial charge in [0.2, 0.25) is 0 Å². The van der Waals surface area contributed by atoms with Crippen LogP contribution < -0.4 is 15.4 Å². The van der Waals surface area contributed by atoms with Crippen molar-refractivity contribution in [3.05, 3.63) is 70.9 Å². The molecule has 0 unspecified atom stereocenters. The molecule has 0 spiro atoms. The lowest BCUT2D eigenvalue weighted by molar-refractivity contribution is 0.102. The lowest BCUT2D eigenvalue weighted by atomic mass is 10.2. The first-order valence-corrected chi connectivity index (χ1v) is 8.84. The van der Waals surface area contributed by atoms with Crippen LogP contribution in [0.5, 0.6) is 5.75 Å². The second-order valence-corrected chi connectivity index (χ2v) is 6.24. The number of amides is 1. The molecule has 0 atom stereocenters. The topological polar surface area (TPSA) is 76.1 Å². The highest BCUT2D eigenvalue weighted by molar-refractivity contribution is 6.30. The van der Waals surface area contributed by atoms with Gasteiger partial charge in [0, 0.05) is 16.4 Å². The molecule has 27 heavy (non-hydrogen) atoms. The van der Waals surface area contributed by atoms with Gasteiger partial charge in [-0.15, -0.1) is 10.2 Å². The summed E-state index contributed by atoms with van der Waals surface area (Å²) in [7, 11) is 0. The molecule has 2 N–H and O–H groups in total. The smallest absolute Gasteiger partial charge is 0.276 e.